The molecule has 0 spiro atoms. The minimum absolute atomic E-state index is 0.240. The predicted octanol–water partition coefficient (Wildman–Crippen LogP) is 3.00. The molecule has 1 N–H and O–H groups in total. The maximum absolute atomic E-state index is 13.7. The number of amides is 3. The maximum Gasteiger partial charge on any atom is 0.321 e. The van der Waals surface area contributed by atoms with Crippen molar-refractivity contribution >= 4 is 17.6 Å². The number of nitrogens with zero attached hydrogens (tertiary/aromatic N) is 3. The summed E-state index contributed by atoms with van der Waals surface area (Å²) in [5.74, 6) is -0.644. The number of hydrogen-bond acceptors (Lipinski definition) is 3. The Morgan fingerprint density at radius 2 is 1.78 bits per heavy atom. The zero-order valence-corrected chi connectivity index (χ0v) is 14.9. The fourth-order valence-electron chi connectivity index (χ4n) is 2.89. The van der Waals surface area contributed by atoms with Crippen LogP contribution >= 0.6 is 0 Å². The van der Waals surface area contributed by atoms with Gasteiger partial charge >= 0.3 is 6.03 Å². The van der Waals surface area contributed by atoms with E-state index in [2.05, 4.69) is 5.32 Å². The van der Waals surface area contributed by atoms with Crippen LogP contribution in [0.1, 0.15) is 21.5 Å². The number of piperazine rings is 1. The molecule has 2 aromatic rings. The molecule has 0 saturated carbocycles. The van der Waals surface area contributed by atoms with Crippen LogP contribution in [-0.4, -0.2) is 47.9 Å². The van der Waals surface area contributed by atoms with Crippen LogP contribution < -0.4 is 5.32 Å². The number of carbonyl (C=O) groups excluding carboxylic acids is 2. The molecule has 3 amide bonds. The summed E-state index contributed by atoms with van der Waals surface area (Å²) in [7, 11) is 0. The van der Waals surface area contributed by atoms with E-state index in [1.807, 2.05) is 6.07 Å². The Morgan fingerprint density at radius 3 is 2.44 bits per heavy atom. The van der Waals surface area contributed by atoms with Crippen molar-refractivity contribution in [3.63, 3.8) is 0 Å². The third kappa shape index (κ3) is 4.23. The zero-order valence-electron chi connectivity index (χ0n) is 14.9. The molecule has 6 nitrogen and oxygen atoms in total. The van der Waals surface area contributed by atoms with Crippen LogP contribution in [0.25, 0.3) is 0 Å². The summed E-state index contributed by atoms with van der Waals surface area (Å²) in [6.07, 6.45) is 0. The van der Waals surface area contributed by atoms with Gasteiger partial charge in [-0.15, -0.1) is 0 Å². The van der Waals surface area contributed by atoms with Crippen LogP contribution in [0.15, 0.2) is 42.5 Å². The Kier molecular flexibility index (Phi) is 5.36. The summed E-state index contributed by atoms with van der Waals surface area (Å²) < 4.78 is 13.7. The zero-order chi connectivity index (χ0) is 19.4. The topological polar surface area (TPSA) is 76.4 Å². The van der Waals surface area contributed by atoms with Crippen molar-refractivity contribution in [1.82, 2.24) is 9.80 Å². The summed E-state index contributed by atoms with van der Waals surface area (Å²) in [4.78, 5) is 28.1. The van der Waals surface area contributed by atoms with E-state index in [1.54, 1.807) is 53.1 Å². The molecule has 0 bridgehead atoms. The van der Waals surface area contributed by atoms with Gasteiger partial charge < -0.3 is 15.1 Å². The molecule has 2 aromatic carbocycles. The molecule has 0 unspecified atom stereocenters. The lowest BCUT2D eigenvalue weighted by atomic mass is 10.1. The molecule has 1 heterocycles. The van der Waals surface area contributed by atoms with Crippen LogP contribution in [0.5, 0.6) is 0 Å². The largest absolute Gasteiger partial charge is 0.335 e. The summed E-state index contributed by atoms with van der Waals surface area (Å²) in [5, 5.41) is 11.7. The van der Waals surface area contributed by atoms with Crippen LogP contribution in [0.4, 0.5) is 14.9 Å². The highest BCUT2D eigenvalue weighted by atomic mass is 19.1. The summed E-state index contributed by atoms with van der Waals surface area (Å²) in [6.45, 7) is 3.15. The number of urea groups is 1. The lowest BCUT2D eigenvalue weighted by molar-refractivity contribution is 0.0671. The molecular formula is C20H19FN4O2. The van der Waals surface area contributed by atoms with Crippen molar-refractivity contribution in [2.45, 2.75) is 6.92 Å². The Morgan fingerprint density at radius 1 is 1.07 bits per heavy atom. The van der Waals surface area contributed by atoms with E-state index in [1.165, 1.54) is 6.07 Å². The molecule has 7 heteroatoms. The number of halogens is 1. The van der Waals surface area contributed by atoms with E-state index in [4.69, 9.17) is 5.26 Å². The van der Waals surface area contributed by atoms with E-state index < -0.39 is 5.82 Å². The Labute approximate surface area is 156 Å². The van der Waals surface area contributed by atoms with Crippen molar-refractivity contribution < 1.29 is 14.0 Å². The lowest BCUT2D eigenvalue weighted by Crippen LogP contribution is -2.51. The molecule has 3 rings (SSSR count). The normalized spacial score (nSPS) is 13.8. The molecule has 1 aliphatic heterocycles. The monoisotopic (exact) mass is 366 g/mol. The predicted molar refractivity (Wildman–Crippen MR) is 98.8 cm³/mol. The smallest absolute Gasteiger partial charge is 0.321 e. The van der Waals surface area contributed by atoms with E-state index in [-0.39, 0.29) is 11.9 Å². The van der Waals surface area contributed by atoms with Gasteiger partial charge in [-0.1, -0.05) is 12.1 Å². The molecule has 27 heavy (non-hydrogen) atoms. The average molecular weight is 366 g/mol. The number of aryl methyl sites for hydroxylation is 1. The Balaban J connectivity index is 1.57. The number of hydrogen-bond donors (Lipinski definition) is 1. The number of nitrogens with one attached hydrogen (secondary N) is 1. The van der Waals surface area contributed by atoms with E-state index in [9.17, 15) is 14.0 Å². The van der Waals surface area contributed by atoms with Gasteiger partial charge in [-0.2, -0.15) is 5.26 Å². The highest BCUT2D eigenvalue weighted by Crippen LogP contribution is 2.15. The van der Waals surface area contributed by atoms with Gasteiger partial charge in [-0.25, -0.2) is 9.18 Å². The summed E-state index contributed by atoms with van der Waals surface area (Å²) >= 11 is 0. The van der Waals surface area contributed by atoms with Crippen LogP contribution in [0.2, 0.25) is 0 Å². The number of anilines is 1. The summed E-state index contributed by atoms with van der Waals surface area (Å²) in [6, 6.07) is 12.9. The van der Waals surface area contributed by atoms with Gasteiger partial charge in [-0.05, 0) is 42.8 Å². The van der Waals surface area contributed by atoms with Gasteiger partial charge in [-0.3, -0.25) is 4.79 Å². The van der Waals surface area contributed by atoms with Crippen molar-refractivity contribution in [3.8, 4) is 6.07 Å². The number of benzene rings is 2. The summed E-state index contributed by atoms with van der Waals surface area (Å²) in [5.41, 5.74) is 1.82. The third-order valence-corrected chi connectivity index (χ3v) is 4.52. The molecule has 1 fully saturated rings. The Hall–Kier alpha value is -3.40. The third-order valence-electron chi connectivity index (χ3n) is 4.52. The average Bonchev–Trinajstić information content (AvgIpc) is 2.69. The highest BCUT2D eigenvalue weighted by molar-refractivity contribution is 5.95. The van der Waals surface area contributed by atoms with E-state index in [0.29, 0.717) is 48.6 Å². The lowest BCUT2D eigenvalue weighted by Gasteiger charge is -2.34. The first-order valence-corrected chi connectivity index (χ1v) is 8.59. The van der Waals surface area contributed by atoms with Gasteiger partial charge in [0.1, 0.15) is 5.82 Å². The van der Waals surface area contributed by atoms with Gasteiger partial charge in [0.05, 0.1) is 11.6 Å². The van der Waals surface area contributed by atoms with E-state index >= 15 is 0 Å². The van der Waals surface area contributed by atoms with Gasteiger partial charge in [0.2, 0.25) is 0 Å². The van der Waals surface area contributed by atoms with Crippen LogP contribution in [0, 0.1) is 24.1 Å². The van der Waals surface area contributed by atoms with Crippen molar-refractivity contribution in [3.05, 3.63) is 65.0 Å². The van der Waals surface area contributed by atoms with E-state index in [0.717, 1.165) is 0 Å². The molecule has 138 valence electrons. The molecule has 0 radical (unpaired) electrons. The molecule has 1 aliphatic rings. The highest BCUT2D eigenvalue weighted by Gasteiger charge is 2.25. The quantitative estimate of drug-likeness (QED) is 0.888. The first-order valence-electron chi connectivity index (χ1n) is 8.59. The molecule has 0 atom stereocenters. The maximum atomic E-state index is 13.7. The van der Waals surface area contributed by atoms with Crippen molar-refractivity contribution in [2.24, 2.45) is 0 Å². The molecular weight excluding hydrogens is 347 g/mol. The van der Waals surface area contributed by atoms with Crippen molar-refractivity contribution in [2.75, 3.05) is 31.5 Å². The van der Waals surface area contributed by atoms with Gasteiger partial charge in [0.25, 0.3) is 5.91 Å². The van der Waals surface area contributed by atoms with Gasteiger partial charge in [0, 0.05) is 37.4 Å². The second kappa shape index (κ2) is 7.87. The first-order chi connectivity index (χ1) is 13.0. The fraction of sp³-hybridized carbons (Fsp3) is 0.250. The van der Waals surface area contributed by atoms with Crippen LogP contribution in [0.3, 0.4) is 0 Å². The number of carbonyl (C=O) groups is 2. The fourth-order valence-corrected chi connectivity index (χ4v) is 2.89. The van der Waals surface area contributed by atoms with Gasteiger partial charge in [0.15, 0.2) is 0 Å². The molecule has 0 aliphatic carbocycles. The van der Waals surface area contributed by atoms with Crippen molar-refractivity contribution in [1.29, 1.82) is 5.26 Å². The van der Waals surface area contributed by atoms with Crippen LogP contribution in [-0.2, 0) is 0 Å². The number of nitriles is 1. The minimum Gasteiger partial charge on any atom is -0.335 e. The first kappa shape index (κ1) is 18.4. The standard InChI is InChI=1S/C20H19FN4O2/c1-14-5-6-16(12-18(14)21)19(26)24-7-9-25(10-8-24)20(27)23-17-4-2-3-15(11-17)13-22/h2-6,11-12H,7-10H2,1H3,(H,23,27). The Bertz CT molecular complexity index is 914. The minimum atomic E-state index is -0.404. The number of rotatable bonds is 2. The molecule has 1 saturated heterocycles. The molecule has 0 aromatic heterocycles. The second-order valence-corrected chi connectivity index (χ2v) is 6.37. The second-order valence-electron chi connectivity index (χ2n) is 6.37. The SMILES string of the molecule is Cc1ccc(C(=O)N2CCN(C(=O)Nc3cccc(C#N)c3)CC2)cc1F.